The van der Waals surface area contributed by atoms with Gasteiger partial charge in [-0.2, -0.15) is 0 Å². The van der Waals surface area contributed by atoms with Crippen molar-refractivity contribution in [3.05, 3.63) is 89.0 Å². The number of rotatable bonds is 9. The van der Waals surface area contributed by atoms with Crippen molar-refractivity contribution in [1.29, 1.82) is 0 Å². The van der Waals surface area contributed by atoms with Crippen LogP contribution in [0.15, 0.2) is 72.3 Å². The summed E-state index contributed by atoms with van der Waals surface area (Å²) in [4.78, 5) is 28.7. The zero-order valence-electron chi connectivity index (χ0n) is 24.9. The second-order valence-electron chi connectivity index (χ2n) is 11.2. The Bertz CT molecular complexity index is 1430. The quantitative estimate of drug-likeness (QED) is 0.170. The van der Waals surface area contributed by atoms with E-state index >= 15 is 0 Å². The third-order valence-corrected chi connectivity index (χ3v) is 6.84. The van der Waals surface area contributed by atoms with Gasteiger partial charge in [0.15, 0.2) is 0 Å². The highest BCUT2D eigenvalue weighted by Gasteiger charge is 2.47. The Labute approximate surface area is 242 Å². The van der Waals surface area contributed by atoms with E-state index < -0.39 is 17.7 Å². The Morgan fingerprint density at radius 3 is 2.05 bits per heavy atom. The fourth-order valence-electron chi connectivity index (χ4n) is 4.91. The van der Waals surface area contributed by atoms with E-state index in [1.165, 1.54) is 4.90 Å². The first-order valence-corrected chi connectivity index (χ1v) is 14.0. The van der Waals surface area contributed by atoms with E-state index in [0.717, 1.165) is 5.56 Å². The molecule has 1 heterocycles. The van der Waals surface area contributed by atoms with Gasteiger partial charge in [0, 0.05) is 11.8 Å². The predicted octanol–water partition coefficient (Wildman–Crippen LogP) is 7.20. The Morgan fingerprint density at radius 2 is 1.49 bits per heavy atom. The molecule has 1 saturated heterocycles. The Balaban J connectivity index is 1.90. The van der Waals surface area contributed by atoms with Crippen LogP contribution in [0.3, 0.4) is 0 Å². The number of ketones is 1. The van der Waals surface area contributed by atoms with Crippen LogP contribution in [0.25, 0.3) is 5.76 Å². The van der Waals surface area contributed by atoms with Gasteiger partial charge in [0.2, 0.25) is 0 Å². The Morgan fingerprint density at radius 1 is 0.878 bits per heavy atom. The molecular formula is C34H39NO6. The number of aliphatic hydroxyl groups excluding tert-OH is 1. The first kappa shape index (κ1) is 29.7. The molecule has 1 unspecified atom stereocenters. The van der Waals surface area contributed by atoms with Crippen molar-refractivity contribution in [2.24, 2.45) is 0 Å². The van der Waals surface area contributed by atoms with E-state index in [1.807, 2.05) is 52.0 Å². The van der Waals surface area contributed by atoms with Gasteiger partial charge in [-0.15, -0.1) is 0 Å². The highest BCUT2D eigenvalue weighted by molar-refractivity contribution is 6.51. The summed E-state index contributed by atoms with van der Waals surface area (Å²) in [6.07, 6.45) is -0.00920. The van der Waals surface area contributed by atoms with E-state index in [2.05, 4.69) is 20.8 Å². The van der Waals surface area contributed by atoms with Crippen LogP contribution >= 0.6 is 0 Å². The number of carbonyl (C=O) groups excluding carboxylic acids is 2. The maximum atomic E-state index is 13.7. The summed E-state index contributed by atoms with van der Waals surface area (Å²) >= 11 is 0. The minimum atomic E-state index is -0.859. The molecule has 1 fully saturated rings. The van der Waals surface area contributed by atoms with Gasteiger partial charge in [0.25, 0.3) is 11.7 Å². The topological polar surface area (TPSA) is 85.3 Å². The van der Waals surface area contributed by atoms with Crippen LogP contribution in [0.4, 0.5) is 5.69 Å². The standard InChI is InChI=1S/C34H39NO6/c1-8-39-26-18-19-27(28(20-26)40-9-2)31(36)29-30(22-10-12-23(13-11-22)34(5,6)7)35(33(38)32(29)37)24-14-16-25(17-15-24)41-21(3)4/h10-21,30,36H,8-9H2,1-7H3/b31-29-. The summed E-state index contributed by atoms with van der Waals surface area (Å²) in [6, 6.07) is 19.0. The molecule has 0 bridgehead atoms. The van der Waals surface area contributed by atoms with Gasteiger partial charge >= 0.3 is 0 Å². The largest absolute Gasteiger partial charge is 0.507 e. The van der Waals surface area contributed by atoms with Crippen LogP contribution < -0.4 is 19.1 Å². The first-order valence-electron chi connectivity index (χ1n) is 14.0. The zero-order chi connectivity index (χ0) is 29.9. The highest BCUT2D eigenvalue weighted by atomic mass is 16.5. The van der Waals surface area contributed by atoms with Crippen molar-refractivity contribution in [2.75, 3.05) is 18.1 Å². The summed E-state index contributed by atoms with van der Waals surface area (Å²) in [5.74, 6) is -0.210. The fourth-order valence-corrected chi connectivity index (χ4v) is 4.91. The molecule has 1 aliphatic rings. The van der Waals surface area contributed by atoms with Gasteiger partial charge < -0.3 is 19.3 Å². The smallest absolute Gasteiger partial charge is 0.300 e. The molecule has 41 heavy (non-hydrogen) atoms. The molecule has 1 amide bonds. The lowest BCUT2D eigenvalue weighted by molar-refractivity contribution is -0.132. The molecular weight excluding hydrogens is 518 g/mol. The van der Waals surface area contributed by atoms with Crippen molar-refractivity contribution in [3.63, 3.8) is 0 Å². The number of carbonyl (C=O) groups is 2. The van der Waals surface area contributed by atoms with Crippen molar-refractivity contribution in [2.45, 2.75) is 66.0 Å². The summed E-state index contributed by atoms with van der Waals surface area (Å²) in [6.45, 7) is 14.8. The zero-order valence-corrected chi connectivity index (χ0v) is 24.9. The number of benzene rings is 3. The van der Waals surface area contributed by atoms with Crippen LogP contribution in [-0.2, 0) is 15.0 Å². The average molecular weight is 558 g/mol. The number of hydrogen-bond donors (Lipinski definition) is 1. The number of ether oxygens (including phenoxy) is 3. The van der Waals surface area contributed by atoms with Crippen LogP contribution in [0.2, 0.25) is 0 Å². The second-order valence-corrected chi connectivity index (χ2v) is 11.2. The molecule has 0 radical (unpaired) electrons. The maximum Gasteiger partial charge on any atom is 0.300 e. The maximum absolute atomic E-state index is 13.7. The monoisotopic (exact) mass is 557 g/mol. The molecule has 1 N–H and O–H groups in total. The van der Waals surface area contributed by atoms with Gasteiger partial charge in [-0.25, -0.2) is 0 Å². The minimum absolute atomic E-state index is 0.00821. The lowest BCUT2D eigenvalue weighted by Crippen LogP contribution is -2.29. The number of hydrogen-bond acceptors (Lipinski definition) is 6. The van der Waals surface area contributed by atoms with Gasteiger partial charge in [0.1, 0.15) is 23.0 Å². The summed E-state index contributed by atoms with van der Waals surface area (Å²) < 4.78 is 17.2. The number of aliphatic hydroxyl groups is 1. The number of amides is 1. The van der Waals surface area contributed by atoms with Gasteiger partial charge in [-0.1, -0.05) is 45.0 Å². The number of anilines is 1. The lowest BCUT2D eigenvalue weighted by Gasteiger charge is -2.27. The summed E-state index contributed by atoms with van der Waals surface area (Å²) in [5, 5.41) is 11.7. The van der Waals surface area contributed by atoms with Crippen LogP contribution in [0, 0.1) is 0 Å². The Kier molecular flexibility index (Phi) is 8.76. The van der Waals surface area contributed by atoms with E-state index in [-0.39, 0.29) is 22.9 Å². The van der Waals surface area contributed by atoms with E-state index in [1.54, 1.807) is 42.5 Å². The highest BCUT2D eigenvalue weighted by Crippen LogP contribution is 2.44. The minimum Gasteiger partial charge on any atom is -0.507 e. The third-order valence-electron chi connectivity index (χ3n) is 6.84. The van der Waals surface area contributed by atoms with Crippen molar-refractivity contribution >= 4 is 23.1 Å². The molecule has 4 rings (SSSR count). The molecule has 3 aromatic carbocycles. The third kappa shape index (κ3) is 6.24. The van der Waals surface area contributed by atoms with Crippen molar-refractivity contribution < 1.29 is 28.9 Å². The normalized spacial score (nSPS) is 16.8. The predicted molar refractivity (Wildman–Crippen MR) is 161 cm³/mol. The fraction of sp³-hybridized carbons (Fsp3) is 0.353. The Hall–Kier alpha value is -4.26. The van der Waals surface area contributed by atoms with Crippen LogP contribution in [0.1, 0.15) is 71.2 Å². The number of nitrogens with zero attached hydrogens (tertiary/aromatic N) is 1. The molecule has 0 saturated carbocycles. The van der Waals surface area contributed by atoms with Gasteiger partial charge in [0.05, 0.1) is 36.5 Å². The molecule has 216 valence electrons. The van der Waals surface area contributed by atoms with Crippen LogP contribution in [-0.4, -0.2) is 36.1 Å². The van der Waals surface area contributed by atoms with E-state index in [9.17, 15) is 14.7 Å². The molecule has 0 aromatic heterocycles. The van der Waals surface area contributed by atoms with Gasteiger partial charge in [-0.3, -0.25) is 14.5 Å². The summed E-state index contributed by atoms with van der Waals surface area (Å²) in [7, 11) is 0. The van der Waals surface area contributed by atoms with E-state index in [4.69, 9.17) is 14.2 Å². The summed E-state index contributed by atoms with van der Waals surface area (Å²) in [5.41, 5.74) is 2.55. The first-order chi connectivity index (χ1) is 19.5. The SMILES string of the molecule is CCOc1ccc(/C(O)=C2/C(=O)C(=O)N(c3ccc(OC(C)C)cc3)C2c2ccc(C(C)(C)C)cc2)c(OCC)c1. The molecule has 7 heteroatoms. The number of Topliss-reactive ketones (excluding diaryl/α,β-unsaturated/α-hetero) is 1. The average Bonchev–Trinajstić information content (AvgIpc) is 3.19. The van der Waals surface area contributed by atoms with Crippen molar-refractivity contribution in [1.82, 2.24) is 0 Å². The van der Waals surface area contributed by atoms with Crippen LogP contribution in [0.5, 0.6) is 17.2 Å². The molecule has 3 aromatic rings. The molecule has 7 nitrogen and oxygen atoms in total. The lowest BCUT2D eigenvalue weighted by atomic mass is 9.85. The van der Waals surface area contributed by atoms with Gasteiger partial charge in [-0.05, 0) is 80.6 Å². The second kappa shape index (κ2) is 12.1. The molecule has 0 spiro atoms. The molecule has 1 atom stereocenters. The molecule has 1 aliphatic heterocycles. The molecule has 0 aliphatic carbocycles. The van der Waals surface area contributed by atoms with E-state index in [0.29, 0.717) is 47.3 Å². The van der Waals surface area contributed by atoms with Crippen molar-refractivity contribution in [3.8, 4) is 17.2 Å².